The number of para-hydroxylation sites is 1. The molecule has 1 aromatic carbocycles. The van der Waals surface area contributed by atoms with Gasteiger partial charge < -0.3 is 14.4 Å². The summed E-state index contributed by atoms with van der Waals surface area (Å²) in [7, 11) is 0. The minimum absolute atomic E-state index is 0.0249. The van der Waals surface area contributed by atoms with Crippen LogP contribution in [0.4, 0.5) is 5.95 Å². The lowest BCUT2D eigenvalue weighted by atomic mass is 9.89. The third-order valence-electron chi connectivity index (χ3n) is 7.12. The van der Waals surface area contributed by atoms with Gasteiger partial charge in [0.25, 0.3) is 0 Å². The van der Waals surface area contributed by atoms with Gasteiger partial charge >= 0.3 is 0 Å². The SMILES string of the molecule is C=CC(=O)N1CC(C)CC(C(=O)Nc2nc3cccc(C)c3n2[C@@H]2CCCCN(C(C)=O)C2)C1. The Hall–Kier alpha value is -3.16. The quantitative estimate of drug-likeness (QED) is 0.700. The molecule has 8 nitrogen and oxygen atoms in total. The van der Waals surface area contributed by atoms with Gasteiger partial charge in [-0.1, -0.05) is 25.6 Å². The van der Waals surface area contributed by atoms with Crippen LogP contribution in [-0.2, 0) is 14.4 Å². The van der Waals surface area contributed by atoms with Crippen LogP contribution in [0.1, 0.15) is 51.1 Å². The van der Waals surface area contributed by atoms with Gasteiger partial charge in [-0.2, -0.15) is 0 Å². The van der Waals surface area contributed by atoms with Gasteiger partial charge in [0, 0.05) is 33.1 Å². The Balaban J connectivity index is 1.67. The Morgan fingerprint density at radius 2 is 1.94 bits per heavy atom. The van der Waals surface area contributed by atoms with Gasteiger partial charge in [-0.05, 0) is 56.2 Å². The number of carbonyl (C=O) groups is 3. The molecule has 2 aromatic rings. The maximum absolute atomic E-state index is 13.4. The van der Waals surface area contributed by atoms with Crippen LogP contribution in [0.5, 0.6) is 0 Å². The third kappa shape index (κ3) is 4.86. The summed E-state index contributed by atoms with van der Waals surface area (Å²) in [6.07, 6.45) is 4.91. The van der Waals surface area contributed by atoms with Crippen molar-refractivity contribution in [2.75, 3.05) is 31.5 Å². The van der Waals surface area contributed by atoms with Crippen LogP contribution >= 0.6 is 0 Å². The Bertz CT molecular complexity index is 1110. The molecule has 2 fully saturated rings. The number of aromatic nitrogens is 2. The number of hydrogen-bond acceptors (Lipinski definition) is 4. The van der Waals surface area contributed by atoms with Crippen LogP contribution in [0.15, 0.2) is 30.9 Å². The Labute approximate surface area is 201 Å². The Morgan fingerprint density at radius 1 is 1.15 bits per heavy atom. The second-order valence-corrected chi connectivity index (χ2v) is 9.84. The van der Waals surface area contributed by atoms with E-state index >= 15 is 0 Å². The van der Waals surface area contributed by atoms with Crippen molar-refractivity contribution in [3.63, 3.8) is 0 Å². The molecule has 3 heterocycles. The summed E-state index contributed by atoms with van der Waals surface area (Å²) in [5.74, 6) is 0.228. The highest BCUT2D eigenvalue weighted by molar-refractivity contribution is 5.95. The van der Waals surface area contributed by atoms with Crippen LogP contribution in [0.3, 0.4) is 0 Å². The zero-order valence-electron chi connectivity index (χ0n) is 20.4. The molecule has 3 amide bonds. The number of nitrogens with one attached hydrogen (secondary N) is 1. The lowest BCUT2D eigenvalue weighted by Gasteiger charge is -2.35. The average Bonchev–Trinajstić information content (AvgIpc) is 2.99. The summed E-state index contributed by atoms with van der Waals surface area (Å²) < 4.78 is 2.13. The standard InChI is InChI=1S/C26H35N5O3/c1-5-23(33)30-14-17(2)13-20(15-30)25(34)28-26-27-22-11-8-9-18(3)24(22)31(26)21-10-6-7-12-29(16-21)19(4)32/h5,8-9,11,17,20-21H,1,6-7,10,12-16H2,2-4H3,(H,27,28,34)/t17?,20?,21-/m1/s1. The van der Waals surface area contributed by atoms with E-state index in [-0.39, 0.29) is 35.6 Å². The maximum atomic E-state index is 13.4. The lowest BCUT2D eigenvalue weighted by Crippen LogP contribution is -2.46. The van der Waals surface area contributed by atoms with E-state index in [0.717, 1.165) is 42.4 Å². The summed E-state index contributed by atoms with van der Waals surface area (Å²) in [6.45, 7) is 11.7. The predicted octanol–water partition coefficient (Wildman–Crippen LogP) is 3.53. The molecule has 34 heavy (non-hydrogen) atoms. The van der Waals surface area contributed by atoms with Crippen molar-refractivity contribution in [2.24, 2.45) is 11.8 Å². The first-order valence-electron chi connectivity index (χ1n) is 12.2. The molecule has 8 heteroatoms. The first-order valence-corrected chi connectivity index (χ1v) is 12.2. The molecule has 0 bridgehead atoms. The smallest absolute Gasteiger partial charge is 0.245 e. The summed E-state index contributed by atoms with van der Waals surface area (Å²) in [5.41, 5.74) is 2.90. The fraction of sp³-hybridized carbons (Fsp3) is 0.538. The van der Waals surface area contributed by atoms with E-state index in [1.54, 1.807) is 11.8 Å². The number of fused-ring (bicyclic) bond motifs is 1. The molecule has 0 spiro atoms. The molecule has 2 saturated heterocycles. The van der Waals surface area contributed by atoms with Crippen molar-refractivity contribution in [1.82, 2.24) is 19.4 Å². The summed E-state index contributed by atoms with van der Waals surface area (Å²) in [6, 6.07) is 6.00. The fourth-order valence-electron chi connectivity index (χ4n) is 5.44. The summed E-state index contributed by atoms with van der Waals surface area (Å²) in [4.78, 5) is 46.2. The number of nitrogens with zero attached hydrogens (tertiary/aromatic N) is 4. The lowest BCUT2D eigenvalue weighted by molar-refractivity contribution is -0.132. The Morgan fingerprint density at radius 3 is 2.68 bits per heavy atom. The topological polar surface area (TPSA) is 87.5 Å². The maximum Gasteiger partial charge on any atom is 0.245 e. The van der Waals surface area contributed by atoms with Crippen molar-refractivity contribution >= 4 is 34.7 Å². The number of likely N-dealkylation sites (tertiary alicyclic amines) is 2. The van der Waals surface area contributed by atoms with Gasteiger partial charge in [-0.15, -0.1) is 0 Å². The number of piperidine rings is 1. The second-order valence-electron chi connectivity index (χ2n) is 9.84. The van der Waals surface area contributed by atoms with Crippen LogP contribution < -0.4 is 5.32 Å². The molecule has 0 radical (unpaired) electrons. The van der Waals surface area contributed by atoms with E-state index < -0.39 is 0 Å². The molecular weight excluding hydrogens is 430 g/mol. The number of anilines is 1. The average molecular weight is 466 g/mol. The van der Waals surface area contributed by atoms with E-state index in [4.69, 9.17) is 4.98 Å². The predicted molar refractivity (Wildman–Crippen MR) is 132 cm³/mol. The molecule has 2 unspecified atom stereocenters. The normalized spacial score (nSPS) is 23.4. The van der Waals surface area contributed by atoms with Crippen molar-refractivity contribution in [2.45, 2.75) is 52.5 Å². The van der Waals surface area contributed by atoms with Gasteiger partial charge in [-0.3, -0.25) is 19.7 Å². The molecule has 0 aliphatic carbocycles. The highest BCUT2D eigenvalue weighted by atomic mass is 16.2. The Kier molecular flexibility index (Phi) is 7.05. The van der Waals surface area contributed by atoms with Crippen LogP contribution in [0.25, 0.3) is 11.0 Å². The summed E-state index contributed by atoms with van der Waals surface area (Å²) >= 11 is 0. The van der Waals surface area contributed by atoms with Gasteiger partial charge in [0.1, 0.15) is 0 Å². The summed E-state index contributed by atoms with van der Waals surface area (Å²) in [5, 5.41) is 3.10. The number of amides is 3. The molecule has 1 aromatic heterocycles. The molecule has 182 valence electrons. The first-order chi connectivity index (χ1) is 16.3. The van der Waals surface area contributed by atoms with Crippen molar-refractivity contribution in [3.05, 3.63) is 36.4 Å². The number of hydrogen-bond donors (Lipinski definition) is 1. The van der Waals surface area contributed by atoms with Crippen molar-refractivity contribution in [3.8, 4) is 0 Å². The van der Waals surface area contributed by atoms with Gasteiger partial charge in [0.15, 0.2) is 0 Å². The highest BCUT2D eigenvalue weighted by Crippen LogP contribution is 2.32. The second kappa shape index (κ2) is 9.99. The molecule has 4 rings (SSSR count). The fourth-order valence-corrected chi connectivity index (χ4v) is 5.44. The van der Waals surface area contributed by atoms with E-state index in [1.807, 2.05) is 30.0 Å². The zero-order valence-corrected chi connectivity index (χ0v) is 20.4. The minimum atomic E-state index is -0.315. The number of carbonyl (C=O) groups excluding carboxylic acids is 3. The van der Waals surface area contributed by atoms with Gasteiger partial charge in [-0.25, -0.2) is 4.98 Å². The molecule has 1 N–H and O–H groups in total. The first kappa shape index (κ1) is 24.0. The number of imidazole rings is 1. The highest BCUT2D eigenvalue weighted by Gasteiger charge is 2.33. The molecule has 2 aliphatic rings. The molecule has 3 atom stereocenters. The van der Waals surface area contributed by atoms with E-state index in [1.165, 1.54) is 6.08 Å². The number of benzene rings is 1. The molecule has 0 saturated carbocycles. The van der Waals surface area contributed by atoms with Gasteiger partial charge in [0.05, 0.1) is 23.0 Å². The largest absolute Gasteiger partial charge is 0.341 e. The number of rotatable bonds is 4. The number of aryl methyl sites for hydroxylation is 1. The molecule has 2 aliphatic heterocycles. The van der Waals surface area contributed by atoms with E-state index in [2.05, 4.69) is 23.4 Å². The monoisotopic (exact) mass is 465 g/mol. The van der Waals surface area contributed by atoms with Crippen molar-refractivity contribution < 1.29 is 14.4 Å². The third-order valence-corrected chi connectivity index (χ3v) is 7.12. The zero-order chi connectivity index (χ0) is 24.4. The van der Waals surface area contributed by atoms with Crippen LogP contribution in [-0.4, -0.2) is 63.3 Å². The van der Waals surface area contributed by atoms with Crippen LogP contribution in [0.2, 0.25) is 0 Å². The minimum Gasteiger partial charge on any atom is -0.341 e. The van der Waals surface area contributed by atoms with Crippen molar-refractivity contribution in [1.29, 1.82) is 0 Å². The van der Waals surface area contributed by atoms with E-state index in [0.29, 0.717) is 32.0 Å². The van der Waals surface area contributed by atoms with Gasteiger partial charge in [0.2, 0.25) is 23.7 Å². The van der Waals surface area contributed by atoms with Crippen LogP contribution in [0, 0.1) is 18.8 Å². The van der Waals surface area contributed by atoms with E-state index in [9.17, 15) is 14.4 Å². The molecular formula is C26H35N5O3.